The molecule has 1 aliphatic heterocycles. The van der Waals surface area contributed by atoms with E-state index in [1.54, 1.807) is 4.90 Å². The van der Waals surface area contributed by atoms with Crippen molar-refractivity contribution >= 4 is 29.5 Å². The van der Waals surface area contributed by atoms with E-state index < -0.39 is 22.4 Å². The minimum Gasteiger partial charge on any atom is -0.399 e. The average Bonchev–Trinajstić information content (AvgIpc) is 2.61. The summed E-state index contributed by atoms with van der Waals surface area (Å²) in [7, 11) is 0. The van der Waals surface area contributed by atoms with Crippen LogP contribution in [0.15, 0.2) is 42.5 Å². The number of nitrogens with zero attached hydrogens (tertiary/aromatic N) is 3. The van der Waals surface area contributed by atoms with Crippen LogP contribution in [0, 0.1) is 10.1 Å². The first-order chi connectivity index (χ1) is 12.7. The molecule has 0 saturated carbocycles. The quantitative estimate of drug-likeness (QED) is 0.464. The molecule has 0 amide bonds. The Balaban J connectivity index is 0.00000280. The van der Waals surface area contributed by atoms with E-state index in [0.717, 1.165) is 11.6 Å². The SMILES string of the molecule is Cl.Nc1cccc(CN2CCN(c3ccc(C(F)(F)F)cc3[N+](=O)[O-])CC2)c1. The second-order valence-electron chi connectivity index (χ2n) is 6.47. The van der Waals surface area contributed by atoms with Crippen LogP contribution in [0.3, 0.4) is 0 Å². The third kappa shape index (κ3) is 5.05. The number of piperazine rings is 1. The summed E-state index contributed by atoms with van der Waals surface area (Å²) in [6, 6.07) is 10.2. The summed E-state index contributed by atoms with van der Waals surface area (Å²) in [5.74, 6) is 0. The minimum absolute atomic E-state index is 0. The fraction of sp³-hybridized carbons (Fsp3) is 0.333. The standard InChI is InChI=1S/C18H19F3N4O2.ClH/c19-18(20,21)14-4-5-16(17(11-14)25(26)27)24-8-6-23(7-9-24)12-13-2-1-3-15(22)10-13;/h1-5,10-11H,6-9,12,22H2;1H. The van der Waals surface area contributed by atoms with Crippen LogP contribution >= 0.6 is 12.4 Å². The highest BCUT2D eigenvalue weighted by molar-refractivity contribution is 5.85. The van der Waals surface area contributed by atoms with Crippen molar-refractivity contribution in [3.8, 4) is 0 Å². The van der Waals surface area contributed by atoms with Crippen LogP contribution in [0.5, 0.6) is 0 Å². The molecule has 2 aromatic rings. The lowest BCUT2D eigenvalue weighted by Gasteiger charge is -2.36. The van der Waals surface area contributed by atoms with Crippen LogP contribution in [-0.4, -0.2) is 36.0 Å². The maximum atomic E-state index is 12.8. The number of nitrogens with two attached hydrogens (primary N) is 1. The van der Waals surface area contributed by atoms with E-state index in [9.17, 15) is 23.3 Å². The van der Waals surface area contributed by atoms with Crippen molar-refractivity contribution in [1.29, 1.82) is 0 Å². The lowest BCUT2D eigenvalue weighted by molar-refractivity contribution is -0.384. The predicted molar refractivity (Wildman–Crippen MR) is 104 cm³/mol. The van der Waals surface area contributed by atoms with Crippen molar-refractivity contribution < 1.29 is 18.1 Å². The maximum Gasteiger partial charge on any atom is 0.416 e. The van der Waals surface area contributed by atoms with Crippen LogP contribution in [0.2, 0.25) is 0 Å². The molecule has 28 heavy (non-hydrogen) atoms. The Kier molecular flexibility index (Phi) is 6.73. The second-order valence-corrected chi connectivity index (χ2v) is 6.47. The Hall–Kier alpha value is -2.52. The fourth-order valence-electron chi connectivity index (χ4n) is 3.21. The van der Waals surface area contributed by atoms with Gasteiger partial charge in [-0.15, -0.1) is 12.4 Å². The molecule has 0 aliphatic carbocycles. The number of benzene rings is 2. The van der Waals surface area contributed by atoms with Crippen molar-refractivity contribution in [2.24, 2.45) is 0 Å². The second kappa shape index (κ2) is 8.66. The van der Waals surface area contributed by atoms with Gasteiger partial charge in [0.25, 0.3) is 5.69 Å². The largest absolute Gasteiger partial charge is 0.416 e. The molecule has 2 aromatic carbocycles. The summed E-state index contributed by atoms with van der Waals surface area (Å²) in [4.78, 5) is 14.4. The van der Waals surface area contributed by atoms with Gasteiger partial charge >= 0.3 is 6.18 Å². The Morgan fingerprint density at radius 3 is 2.32 bits per heavy atom. The summed E-state index contributed by atoms with van der Waals surface area (Å²) in [6.07, 6.45) is -4.61. The molecule has 2 N–H and O–H groups in total. The van der Waals surface area contributed by atoms with Crippen LogP contribution in [-0.2, 0) is 12.7 Å². The average molecular weight is 417 g/mol. The third-order valence-electron chi connectivity index (χ3n) is 4.57. The summed E-state index contributed by atoms with van der Waals surface area (Å²) < 4.78 is 38.5. The first-order valence-corrected chi connectivity index (χ1v) is 8.41. The van der Waals surface area contributed by atoms with Crippen molar-refractivity contribution in [2.45, 2.75) is 12.7 Å². The van der Waals surface area contributed by atoms with Crippen molar-refractivity contribution in [2.75, 3.05) is 36.8 Å². The zero-order valence-corrected chi connectivity index (χ0v) is 15.7. The normalized spacial score (nSPS) is 15.2. The van der Waals surface area contributed by atoms with E-state index >= 15 is 0 Å². The number of halogens is 4. The van der Waals surface area contributed by atoms with E-state index in [2.05, 4.69) is 4.90 Å². The molecule has 1 heterocycles. The molecule has 0 atom stereocenters. The van der Waals surface area contributed by atoms with Gasteiger partial charge in [0.05, 0.1) is 10.5 Å². The number of nitro groups is 1. The van der Waals surface area contributed by atoms with Gasteiger partial charge in [-0.05, 0) is 29.8 Å². The molecule has 10 heteroatoms. The topological polar surface area (TPSA) is 75.6 Å². The highest BCUT2D eigenvalue weighted by atomic mass is 35.5. The van der Waals surface area contributed by atoms with E-state index in [-0.39, 0.29) is 18.1 Å². The molecule has 6 nitrogen and oxygen atoms in total. The minimum atomic E-state index is -4.61. The predicted octanol–water partition coefficient (Wildman–Crippen LogP) is 3.94. The van der Waals surface area contributed by atoms with E-state index in [1.165, 1.54) is 6.07 Å². The lowest BCUT2D eigenvalue weighted by atomic mass is 10.1. The highest BCUT2D eigenvalue weighted by Crippen LogP contribution is 2.36. The van der Waals surface area contributed by atoms with E-state index in [0.29, 0.717) is 44.5 Å². The van der Waals surface area contributed by atoms with Crippen molar-refractivity contribution in [3.05, 3.63) is 63.7 Å². The highest BCUT2D eigenvalue weighted by Gasteiger charge is 2.34. The molecular formula is C18H20ClF3N4O2. The van der Waals surface area contributed by atoms with Gasteiger partial charge in [0, 0.05) is 44.5 Å². The van der Waals surface area contributed by atoms with E-state index in [4.69, 9.17) is 5.73 Å². The number of nitro benzene ring substituents is 1. The van der Waals surface area contributed by atoms with Gasteiger partial charge in [-0.3, -0.25) is 15.0 Å². The molecule has 3 rings (SSSR count). The number of hydrogen-bond donors (Lipinski definition) is 1. The molecule has 0 bridgehead atoms. The first kappa shape index (κ1) is 21.8. The fourth-order valence-corrected chi connectivity index (χ4v) is 3.21. The molecule has 0 radical (unpaired) electrons. The summed E-state index contributed by atoms with van der Waals surface area (Å²) in [5.41, 5.74) is 6.22. The Bertz CT molecular complexity index is 840. The third-order valence-corrected chi connectivity index (χ3v) is 4.57. The molecular weight excluding hydrogens is 397 g/mol. The molecule has 0 spiro atoms. The van der Waals surface area contributed by atoms with Crippen molar-refractivity contribution in [3.63, 3.8) is 0 Å². The van der Waals surface area contributed by atoms with Gasteiger partial charge in [0.15, 0.2) is 0 Å². The summed E-state index contributed by atoms with van der Waals surface area (Å²) in [6.45, 7) is 2.98. The van der Waals surface area contributed by atoms with Crippen LogP contribution in [0.25, 0.3) is 0 Å². The van der Waals surface area contributed by atoms with Gasteiger partial charge in [-0.1, -0.05) is 12.1 Å². The van der Waals surface area contributed by atoms with Crippen LogP contribution < -0.4 is 10.6 Å². The Labute approximate surface area is 166 Å². The van der Waals surface area contributed by atoms with Gasteiger partial charge in [0.1, 0.15) is 5.69 Å². The number of rotatable bonds is 4. The molecule has 0 aromatic heterocycles. The molecule has 0 unspecified atom stereocenters. The van der Waals surface area contributed by atoms with E-state index in [1.807, 2.05) is 24.3 Å². The zero-order valence-electron chi connectivity index (χ0n) is 14.9. The molecule has 1 saturated heterocycles. The van der Waals surface area contributed by atoms with Gasteiger partial charge in [0.2, 0.25) is 0 Å². The summed E-state index contributed by atoms with van der Waals surface area (Å²) in [5, 5.41) is 11.3. The molecule has 152 valence electrons. The number of hydrogen-bond acceptors (Lipinski definition) is 5. The Morgan fingerprint density at radius 1 is 1.07 bits per heavy atom. The Morgan fingerprint density at radius 2 is 1.75 bits per heavy atom. The number of nitrogen functional groups attached to an aromatic ring is 1. The summed E-state index contributed by atoms with van der Waals surface area (Å²) >= 11 is 0. The number of alkyl halides is 3. The van der Waals surface area contributed by atoms with Gasteiger partial charge in [-0.2, -0.15) is 13.2 Å². The first-order valence-electron chi connectivity index (χ1n) is 8.41. The van der Waals surface area contributed by atoms with Crippen LogP contribution in [0.1, 0.15) is 11.1 Å². The smallest absolute Gasteiger partial charge is 0.399 e. The van der Waals surface area contributed by atoms with Gasteiger partial charge in [-0.25, -0.2) is 0 Å². The van der Waals surface area contributed by atoms with Gasteiger partial charge < -0.3 is 10.6 Å². The number of anilines is 2. The lowest BCUT2D eigenvalue weighted by Crippen LogP contribution is -2.46. The molecule has 1 fully saturated rings. The molecule has 1 aliphatic rings. The monoisotopic (exact) mass is 416 g/mol. The van der Waals surface area contributed by atoms with Crippen LogP contribution in [0.4, 0.5) is 30.2 Å². The maximum absolute atomic E-state index is 12.8. The van der Waals surface area contributed by atoms with Crippen molar-refractivity contribution in [1.82, 2.24) is 4.90 Å². The zero-order chi connectivity index (χ0) is 19.6.